The van der Waals surface area contributed by atoms with Gasteiger partial charge >= 0.3 is 0 Å². The maximum atomic E-state index is 13.1. The highest BCUT2D eigenvalue weighted by molar-refractivity contribution is 8.01. The molecule has 4 rings (SSSR count). The fourth-order valence-corrected chi connectivity index (χ4v) is 6.46. The first-order valence-corrected chi connectivity index (χ1v) is 12.1. The van der Waals surface area contributed by atoms with Crippen LogP contribution in [0.2, 0.25) is 0 Å². The van der Waals surface area contributed by atoms with E-state index < -0.39 is 10.0 Å². The van der Waals surface area contributed by atoms with Gasteiger partial charge in [0.15, 0.2) is 0 Å². The number of nitrogens with zero attached hydrogens (tertiary/aromatic N) is 2. The average Bonchev–Trinajstić information content (AvgIpc) is 3.23. The topological polar surface area (TPSA) is 86.8 Å². The van der Waals surface area contributed by atoms with E-state index in [0.717, 1.165) is 30.8 Å². The number of amides is 2. The zero-order valence-electron chi connectivity index (χ0n) is 15.9. The van der Waals surface area contributed by atoms with Crippen molar-refractivity contribution in [2.24, 2.45) is 5.92 Å². The number of piperidine rings is 1. The van der Waals surface area contributed by atoms with Crippen LogP contribution in [0.15, 0.2) is 28.0 Å². The van der Waals surface area contributed by atoms with E-state index in [1.54, 1.807) is 18.2 Å². The number of carbonyl (C=O) groups excluding carboxylic acids is 2. The van der Waals surface area contributed by atoms with Crippen molar-refractivity contribution < 1.29 is 18.0 Å². The number of hydrogen-bond donors (Lipinski definition) is 1. The summed E-state index contributed by atoms with van der Waals surface area (Å²) in [6, 6.07) is 4.90. The Hall–Kier alpha value is -1.58. The number of nitrogens with one attached hydrogen (secondary N) is 1. The van der Waals surface area contributed by atoms with Gasteiger partial charge in [0.05, 0.1) is 15.8 Å². The number of hydrogen-bond acceptors (Lipinski definition) is 5. The lowest BCUT2D eigenvalue weighted by molar-refractivity contribution is -0.135. The van der Waals surface area contributed by atoms with Gasteiger partial charge in [0.25, 0.3) is 0 Å². The molecular weight excluding hydrogens is 398 g/mol. The standard InChI is InChI=1S/C19H25N3O4S2/c1-13-18(23)20-16-12-15(4-5-17(16)27-13)28(25,26)22-10-6-14(7-11-22)19(24)21-8-2-3-9-21/h4-5,12-14H,2-3,6-11H2,1H3,(H,20,23). The number of carbonyl (C=O) groups is 2. The molecule has 3 aliphatic rings. The summed E-state index contributed by atoms with van der Waals surface area (Å²) in [6.45, 7) is 4.18. The first-order chi connectivity index (χ1) is 13.4. The molecule has 2 fully saturated rings. The van der Waals surface area contributed by atoms with Gasteiger partial charge in [-0.1, -0.05) is 0 Å². The lowest BCUT2D eigenvalue weighted by Crippen LogP contribution is -2.43. The van der Waals surface area contributed by atoms with Crippen LogP contribution in [0.1, 0.15) is 32.6 Å². The Labute approximate surface area is 169 Å². The number of benzene rings is 1. The molecule has 3 aliphatic heterocycles. The van der Waals surface area contributed by atoms with Crippen LogP contribution in [0.4, 0.5) is 5.69 Å². The van der Waals surface area contributed by atoms with E-state index in [2.05, 4.69) is 5.32 Å². The molecule has 28 heavy (non-hydrogen) atoms. The van der Waals surface area contributed by atoms with Crippen LogP contribution >= 0.6 is 11.8 Å². The molecule has 2 saturated heterocycles. The summed E-state index contributed by atoms with van der Waals surface area (Å²) >= 11 is 1.43. The zero-order valence-corrected chi connectivity index (χ0v) is 17.5. The van der Waals surface area contributed by atoms with Crippen LogP contribution in [-0.4, -0.2) is 60.9 Å². The number of anilines is 1. The molecule has 0 saturated carbocycles. The molecule has 0 radical (unpaired) electrons. The molecule has 3 heterocycles. The minimum atomic E-state index is -3.65. The Morgan fingerprint density at radius 1 is 1.14 bits per heavy atom. The Bertz CT molecular complexity index is 888. The maximum Gasteiger partial charge on any atom is 0.243 e. The molecular formula is C19H25N3O4S2. The third kappa shape index (κ3) is 3.67. The van der Waals surface area contributed by atoms with E-state index in [9.17, 15) is 18.0 Å². The zero-order chi connectivity index (χ0) is 19.9. The van der Waals surface area contributed by atoms with Gasteiger partial charge in [-0.05, 0) is 50.8 Å². The van der Waals surface area contributed by atoms with Gasteiger partial charge in [-0.2, -0.15) is 4.31 Å². The normalized spacial score (nSPS) is 24.1. The van der Waals surface area contributed by atoms with E-state index >= 15 is 0 Å². The molecule has 1 aromatic rings. The lowest BCUT2D eigenvalue weighted by Gasteiger charge is -2.32. The highest BCUT2D eigenvalue weighted by atomic mass is 32.2. The van der Waals surface area contributed by atoms with Crippen molar-refractivity contribution in [1.82, 2.24) is 9.21 Å². The molecule has 152 valence electrons. The van der Waals surface area contributed by atoms with Crippen molar-refractivity contribution >= 4 is 39.3 Å². The van der Waals surface area contributed by atoms with E-state index in [1.165, 1.54) is 16.1 Å². The third-order valence-corrected chi connectivity index (χ3v) is 8.81. The minimum Gasteiger partial charge on any atom is -0.342 e. The molecule has 0 bridgehead atoms. The molecule has 1 N–H and O–H groups in total. The second-order valence-corrected chi connectivity index (χ2v) is 10.9. The highest BCUT2D eigenvalue weighted by Gasteiger charge is 2.35. The van der Waals surface area contributed by atoms with Crippen molar-refractivity contribution in [3.8, 4) is 0 Å². The lowest BCUT2D eigenvalue weighted by atomic mass is 9.97. The second-order valence-electron chi connectivity index (χ2n) is 7.62. The van der Waals surface area contributed by atoms with E-state index in [-0.39, 0.29) is 27.9 Å². The molecule has 0 aliphatic carbocycles. The summed E-state index contributed by atoms with van der Waals surface area (Å²) in [5, 5.41) is 2.59. The monoisotopic (exact) mass is 423 g/mol. The fraction of sp³-hybridized carbons (Fsp3) is 0.579. The summed E-state index contributed by atoms with van der Waals surface area (Å²) in [7, 11) is -3.65. The fourth-order valence-electron chi connectivity index (χ4n) is 4.04. The Balaban J connectivity index is 1.45. The van der Waals surface area contributed by atoms with Gasteiger partial charge in [-0.15, -0.1) is 11.8 Å². The van der Waals surface area contributed by atoms with E-state index in [0.29, 0.717) is 31.6 Å². The van der Waals surface area contributed by atoms with Crippen LogP contribution in [0.5, 0.6) is 0 Å². The predicted octanol–water partition coefficient (Wildman–Crippen LogP) is 2.14. The first kappa shape index (κ1) is 19.7. The summed E-state index contributed by atoms with van der Waals surface area (Å²) in [5.41, 5.74) is 0.549. The van der Waals surface area contributed by atoms with Crippen molar-refractivity contribution in [3.63, 3.8) is 0 Å². The summed E-state index contributed by atoms with van der Waals surface area (Å²) in [6.07, 6.45) is 3.24. The van der Waals surface area contributed by atoms with E-state index in [1.807, 2.05) is 11.8 Å². The third-order valence-electron chi connectivity index (χ3n) is 5.74. The quantitative estimate of drug-likeness (QED) is 0.805. The summed E-state index contributed by atoms with van der Waals surface area (Å²) < 4.78 is 27.6. The number of sulfonamides is 1. The Kier molecular flexibility index (Phi) is 5.41. The average molecular weight is 424 g/mol. The van der Waals surface area contributed by atoms with Gasteiger partial charge in [0, 0.05) is 37.0 Å². The molecule has 2 amide bonds. The SMILES string of the molecule is CC1Sc2ccc(S(=O)(=O)N3CCC(C(=O)N4CCCC4)CC3)cc2NC1=O. The minimum absolute atomic E-state index is 0.0785. The van der Waals surface area contributed by atoms with Crippen LogP contribution in [0.25, 0.3) is 0 Å². The smallest absolute Gasteiger partial charge is 0.243 e. The van der Waals surface area contributed by atoms with Gasteiger partial charge in [-0.25, -0.2) is 8.42 Å². The van der Waals surface area contributed by atoms with Gasteiger partial charge < -0.3 is 10.2 Å². The van der Waals surface area contributed by atoms with Crippen molar-refractivity contribution in [2.45, 2.75) is 47.6 Å². The van der Waals surface area contributed by atoms with Crippen LogP contribution < -0.4 is 5.32 Å². The number of likely N-dealkylation sites (tertiary alicyclic amines) is 1. The molecule has 1 aromatic carbocycles. The van der Waals surface area contributed by atoms with Crippen LogP contribution in [-0.2, 0) is 19.6 Å². The van der Waals surface area contributed by atoms with Crippen molar-refractivity contribution in [2.75, 3.05) is 31.5 Å². The highest BCUT2D eigenvalue weighted by Crippen LogP contribution is 2.37. The summed E-state index contributed by atoms with van der Waals surface area (Å²) in [5.74, 6) is -0.0178. The first-order valence-electron chi connectivity index (χ1n) is 9.77. The largest absolute Gasteiger partial charge is 0.342 e. The maximum absolute atomic E-state index is 13.1. The van der Waals surface area contributed by atoms with Crippen molar-refractivity contribution in [1.29, 1.82) is 0 Å². The molecule has 1 unspecified atom stereocenters. The van der Waals surface area contributed by atoms with Gasteiger partial charge in [0.1, 0.15) is 0 Å². The van der Waals surface area contributed by atoms with Gasteiger partial charge in [-0.3, -0.25) is 9.59 Å². The number of fused-ring (bicyclic) bond motifs is 1. The Morgan fingerprint density at radius 3 is 2.50 bits per heavy atom. The molecule has 0 aromatic heterocycles. The molecule has 1 atom stereocenters. The molecule has 0 spiro atoms. The molecule has 7 nitrogen and oxygen atoms in total. The predicted molar refractivity (Wildman–Crippen MR) is 108 cm³/mol. The molecule has 9 heteroatoms. The number of rotatable bonds is 3. The van der Waals surface area contributed by atoms with Gasteiger partial charge in [0.2, 0.25) is 21.8 Å². The second kappa shape index (κ2) is 7.68. The Morgan fingerprint density at radius 2 is 1.82 bits per heavy atom. The van der Waals surface area contributed by atoms with Crippen molar-refractivity contribution in [3.05, 3.63) is 18.2 Å². The number of thioether (sulfide) groups is 1. The van der Waals surface area contributed by atoms with Crippen LogP contribution in [0, 0.1) is 5.92 Å². The summed E-state index contributed by atoms with van der Waals surface area (Å²) in [4.78, 5) is 27.4. The van der Waals surface area contributed by atoms with E-state index in [4.69, 9.17) is 0 Å². The van der Waals surface area contributed by atoms with Crippen LogP contribution in [0.3, 0.4) is 0 Å².